The number of aromatic nitrogens is 1. The van der Waals surface area contributed by atoms with Crippen molar-refractivity contribution in [2.45, 2.75) is 25.9 Å². The van der Waals surface area contributed by atoms with Gasteiger partial charge in [0.05, 0.1) is 0 Å². The minimum Gasteiger partial charge on any atom is -0.369 e. The molecule has 2 heterocycles. The van der Waals surface area contributed by atoms with Gasteiger partial charge in [-0.25, -0.2) is 5.01 Å². The number of likely N-dealkylation sites (N-methyl/N-ethyl adjacent to an activating group) is 1. The first kappa shape index (κ1) is 25.5. The molecule has 38 heavy (non-hydrogen) atoms. The Hall–Kier alpha value is -4.10. The number of aromatic amines is 1. The van der Waals surface area contributed by atoms with Crippen LogP contribution in [0, 0.1) is 6.92 Å². The average Bonchev–Trinajstić information content (AvgIpc) is 3.36. The fourth-order valence-electron chi connectivity index (χ4n) is 5.42. The summed E-state index contributed by atoms with van der Waals surface area (Å²) in [5, 5.41) is 4.75. The van der Waals surface area contributed by atoms with Crippen LogP contribution >= 0.6 is 0 Å². The van der Waals surface area contributed by atoms with E-state index >= 15 is 0 Å². The number of hydrazine groups is 1. The van der Waals surface area contributed by atoms with Gasteiger partial charge in [-0.05, 0) is 35.7 Å². The van der Waals surface area contributed by atoms with E-state index in [4.69, 9.17) is 0 Å². The summed E-state index contributed by atoms with van der Waals surface area (Å²) in [7, 11) is 1.82. The molecular weight excluding hydrogens is 474 g/mol. The Morgan fingerprint density at radius 3 is 2.37 bits per heavy atom. The summed E-state index contributed by atoms with van der Waals surface area (Å²) < 4.78 is 0. The van der Waals surface area contributed by atoms with Crippen LogP contribution in [0.25, 0.3) is 10.9 Å². The van der Waals surface area contributed by atoms with Crippen LogP contribution < -0.4 is 4.90 Å². The van der Waals surface area contributed by atoms with Crippen LogP contribution in [0.15, 0.2) is 85.1 Å². The number of amides is 2. The Morgan fingerprint density at radius 1 is 0.947 bits per heavy atom. The predicted octanol–water partition coefficient (Wildman–Crippen LogP) is 4.24. The molecule has 1 aliphatic rings. The molecule has 0 bridgehead atoms. The standard InChI is InChI=1S/C31H35N5O2/c1-24-10-6-9-15-29(24)34-16-18-35(19-17-34)36(23-37)30(20-26-21-32-28-14-8-7-13-27(26)28)31(38)33(2)22-25-11-4-3-5-12-25/h3-15,21,23,30,32H,16-20,22H2,1-2H3/t30-/m0/s1. The van der Waals surface area contributed by atoms with Gasteiger partial charge in [-0.1, -0.05) is 66.7 Å². The van der Waals surface area contributed by atoms with Crippen LogP contribution in [0.4, 0.5) is 5.69 Å². The molecule has 1 fully saturated rings. The number of benzene rings is 3. The Kier molecular flexibility index (Phi) is 7.75. The molecule has 1 aromatic heterocycles. The highest BCUT2D eigenvalue weighted by Crippen LogP contribution is 2.24. The molecule has 7 nitrogen and oxygen atoms in total. The van der Waals surface area contributed by atoms with Gasteiger partial charge in [0.1, 0.15) is 6.04 Å². The molecule has 0 spiro atoms. The molecule has 1 N–H and O–H groups in total. The summed E-state index contributed by atoms with van der Waals surface area (Å²) in [6.45, 7) is 5.49. The second-order valence-corrected chi connectivity index (χ2v) is 9.97. The van der Waals surface area contributed by atoms with Crippen LogP contribution in [0.1, 0.15) is 16.7 Å². The molecule has 7 heteroatoms. The van der Waals surface area contributed by atoms with Crippen LogP contribution in [0.2, 0.25) is 0 Å². The second-order valence-electron chi connectivity index (χ2n) is 9.97. The number of aryl methyl sites for hydroxylation is 1. The average molecular weight is 510 g/mol. The number of hydrogen-bond donors (Lipinski definition) is 1. The molecule has 4 aromatic rings. The Labute approximate surface area is 224 Å². The zero-order chi connectivity index (χ0) is 26.5. The highest BCUT2D eigenvalue weighted by atomic mass is 16.2. The fraction of sp³-hybridized carbons (Fsp3) is 0.290. The van der Waals surface area contributed by atoms with E-state index in [1.807, 2.05) is 66.8 Å². The fourth-order valence-corrected chi connectivity index (χ4v) is 5.42. The lowest BCUT2D eigenvalue weighted by atomic mass is 10.0. The lowest BCUT2D eigenvalue weighted by Gasteiger charge is -2.43. The lowest BCUT2D eigenvalue weighted by Crippen LogP contribution is -2.60. The number of anilines is 1. The molecule has 0 aliphatic carbocycles. The first-order valence-electron chi connectivity index (χ1n) is 13.2. The third kappa shape index (κ3) is 5.43. The minimum atomic E-state index is -0.648. The molecular formula is C31H35N5O2. The quantitative estimate of drug-likeness (QED) is 0.343. The molecule has 2 amide bonds. The second kappa shape index (κ2) is 11.5. The smallest absolute Gasteiger partial charge is 0.247 e. The summed E-state index contributed by atoms with van der Waals surface area (Å²) in [4.78, 5) is 34.0. The minimum absolute atomic E-state index is 0.0763. The molecule has 0 radical (unpaired) electrons. The number of nitrogens with zero attached hydrogens (tertiary/aromatic N) is 4. The monoisotopic (exact) mass is 509 g/mol. The Bertz CT molecular complexity index is 1380. The summed E-state index contributed by atoms with van der Waals surface area (Å²) in [6.07, 6.45) is 3.22. The van der Waals surface area contributed by atoms with Crippen LogP contribution in [-0.4, -0.2) is 71.5 Å². The number of nitrogens with one attached hydrogen (secondary N) is 1. The zero-order valence-corrected chi connectivity index (χ0v) is 22.1. The number of fused-ring (bicyclic) bond motifs is 1. The van der Waals surface area contributed by atoms with E-state index in [1.54, 1.807) is 9.91 Å². The van der Waals surface area contributed by atoms with E-state index in [0.717, 1.165) is 41.5 Å². The molecule has 3 aromatic carbocycles. The van der Waals surface area contributed by atoms with Gasteiger partial charge in [-0.15, -0.1) is 0 Å². The number of carbonyl (C=O) groups excluding carboxylic acids is 2. The molecule has 1 atom stereocenters. The van der Waals surface area contributed by atoms with Crippen LogP contribution in [0.3, 0.4) is 0 Å². The number of piperazine rings is 1. The summed E-state index contributed by atoms with van der Waals surface area (Å²) in [5.41, 5.74) is 5.56. The van der Waals surface area contributed by atoms with E-state index in [1.165, 1.54) is 11.3 Å². The number of H-pyrrole nitrogens is 1. The van der Waals surface area contributed by atoms with Crippen molar-refractivity contribution in [3.05, 3.63) is 102 Å². The molecule has 1 saturated heterocycles. The number of carbonyl (C=O) groups is 2. The van der Waals surface area contributed by atoms with E-state index in [9.17, 15) is 9.59 Å². The van der Waals surface area contributed by atoms with Crippen LogP contribution in [-0.2, 0) is 22.6 Å². The maximum atomic E-state index is 14.0. The van der Waals surface area contributed by atoms with Gasteiger partial charge in [0.2, 0.25) is 12.3 Å². The largest absolute Gasteiger partial charge is 0.369 e. The van der Waals surface area contributed by atoms with Gasteiger partial charge < -0.3 is 14.8 Å². The van der Waals surface area contributed by atoms with Crippen molar-refractivity contribution in [3.63, 3.8) is 0 Å². The van der Waals surface area contributed by atoms with Gasteiger partial charge >= 0.3 is 0 Å². The van der Waals surface area contributed by atoms with Crippen molar-refractivity contribution in [1.82, 2.24) is 19.9 Å². The first-order chi connectivity index (χ1) is 18.5. The third-order valence-electron chi connectivity index (χ3n) is 7.48. The van der Waals surface area contributed by atoms with E-state index in [2.05, 4.69) is 47.1 Å². The first-order valence-corrected chi connectivity index (χ1v) is 13.2. The van der Waals surface area contributed by atoms with Crippen molar-refractivity contribution in [2.24, 2.45) is 0 Å². The molecule has 0 saturated carbocycles. The predicted molar refractivity (Wildman–Crippen MR) is 152 cm³/mol. The topological polar surface area (TPSA) is 62.9 Å². The Balaban J connectivity index is 1.38. The summed E-state index contributed by atoms with van der Waals surface area (Å²) in [5.74, 6) is -0.0763. The van der Waals surface area contributed by atoms with Gasteiger partial charge in [0.15, 0.2) is 0 Å². The highest BCUT2D eigenvalue weighted by molar-refractivity contribution is 5.87. The molecule has 0 unspecified atom stereocenters. The van der Waals surface area contributed by atoms with E-state index in [0.29, 0.717) is 26.1 Å². The van der Waals surface area contributed by atoms with E-state index in [-0.39, 0.29) is 5.91 Å². The van der Waals surface area contributed by atoms with Gasteiger partial charge in [-0.2, -0.15) is 0 Å². The van der Waals surface area contributed by atoms with Crippen LogP contribution in [0.5, 0.6) is 0 Å². The van der Waals surface area contributed by atoms with Crippen molar-refractivity contribution in [2.75, 3.05) is 38.1 Å². The van der Waals surface area contributed by atoms with Crippen molar-refractivity contribution in [1.29, 1.82) is 0 Å². The lowest BCUT2D eigenvalue weighted by molar-refractivity contribution is -0.156. The van der Waals surface area contributed by atoms with Crippen molar-refractivity contribution < 1.29 is 9.59 Å². The maximum absolute atomic E-state index is 14.0. The Morgan fingerprint density at radius 2 is 1.63 bits per heavy atom. The van der Waals surface area contributed by atoms with Gasteiger partial charge in [0.25, 0.3) is 0 Å². The highest BCUT2D eigenvalue weighted by Gasteiger charge is 2.34. The van der Waals surface area contributed by atoms with Crippen molar-refractivity contribution in [3.8, 4) is 0 Å². The van der Waals surface area contributed by atoms with Gasteiger partial charge in [-0.3, -0.25) is 14.6 Å². The maximum Gasteiger partial charge on any atom is 0.247 e. The SMILES string of the molecule is Cc1ccccc1N1CCN(N(C=O)[C@@H](Cc2c[nH]c3ccccc23)C(=O)N(C)Cc2ccccc2)CC1. The normalized spacial score (nSPS) is 14.8. The molecule has 1 aliphatic heterocycles. The number of para-hydroxylation sites is 2. The molecule has 5 rings (SSSR count). The summed E-state index contributed by atoms with van der Waals surface area (Å²) in [6, 6.07) is 25.8. The number of hydrogen-bond acceptors (Lipinski definition) is 4. The third-order valence-corrected chi connectivity index (χ3v) is 7.48. The number of rotatable bonds is 9. The zero-order valence-electron chi connectivity index (χ0n) is 22.1. The molecule has 196 valence electrons. The van der Waals surface area contributed by atoms with Crippen molar-refractivity contribution >= 4 is 28.9 Å². The van der Waals surface area contributed by atoms with E-state index < -0.39 is 6.04 Å². The van der Waals surface area contributed by atoms with Gasteiger partial charge in [0, 0.05) is 69.0 Å². The summed E-state index contributed by atoms with van der Waals surface area (Å²) >= 11 is 0.